The maximum Gasteiger partial charge on any atom is 0.409 e. The standard InChI is InChI=1S/C7H8F3N/c8-7(9,10)2-5-4-1-6(5)11-3-4/h2,4,6,11H,1,3H2/b5-2+. The monoisotopic (exact) mass is 163 g/mol. The largest absolute Gasteiger partial charge is 0.409 e. The molecule has 2 atom stereocenters. The Balaban J connectivity index is 2.13. The first-order valence-electron chi connectivity index (χ1n) is 3.59. The van der Waals surface area contributed by atoms with Gasteiger partial charge in [-0.2, -0.15) is 13.2 Å². The molecule has 1 saturated carbocycles. The number of hydrogen-bond acceptors (Lipinski definition) is 1. The van der Waals surface area contributed by atoms with Gasteiger partial charge in [0, 0.05) is 18.7 Å². The Labute approximate surface area is 62.3 Å². The molecule has 0 spiro atoms. The van der Waals surface area contributed by atoms with Gasteiger partial charge >= 0.3 is 6.18 Å². The van der Waals surface area contributed by atoms with E-state index in [2.05, 4.69) is 5.32 Å². The molecule has 3 fully saturated rings. The highest BCUT2D eigenvalue weighted by molar-refractivity contribution is 5.30. The van der Waals surface area contributed by atoms with Crippen LogP contribution in [0, 0.1) is 5.92 Å². The van der Waals surface area contributed by atoms with Crippen LogP contribution in [0.1, 0.15) is 6.42 Å². The summed E-state index contributed by atoms with van der Waals surface area (Å²) in [7, 11) is 0. The third-order valence-electron chi connectivity index (χ3n) is 2.33. The van der Waals surface area contributed by atoms with Gasteiger partial charge in [0.05, 0.1) is 0 Å². The molecule has 62 valence electrons. The third-order valence-corrected chi connectivity index (χ3v) is 2.33. The van der Waals surface area contributed by atoms with Crippen molar-refractivity contribution in [2.75, 3.05) is 6.54 Å². The molecule has 2 heterocycles. The number of allylic oxidation sites excluding steroid dienone is 1. The van der Waals surface area contributed by atoms with Gasteiger partial charge in [-0.25, -0.2) is 0 Å². The number of alkyl halides is 3. The van der Waals surface area contributed by atoms with Crippen LogP contribution in [0.15, 0.2) is 11.6 Å². The van der Waals surface area contributed by atoms with Crippen molar-refractivity contribution in [3.8, 4) is 0 Å². The summed E-state index contributed by atoms with van der Waals surface area (Å²) in [5, 5.41) is 3.00. The average Bonchev–Trinajstić information content (AvgIpc) is 2.37. The molecule has 2 aliphatic heterocycles. The summed E-state index contributed by atoms with van der Waals surface area (Å²) in [5.41, 5.74) is 0.553. The number of rotatable bonds is 0. The fourth-order valence-electron chi connectivity index (χ4n) is 1.78. The topological polar surface area (TPSA) is 12.0 Å². The molecule has 3 aliphatic rings. The van der Waals surface area contributed by atoms with Crippen molar-refractivity contribution < 1.29 is 13.2 Å². The van der Waals surface area contributed by atoms with E-state index >= 15 is 0 Å². The van der Waals surface area contributed by atoms with Crippen molar-refractivity contribution in [1.82, 2.24) is 5.32 Å². The molecule has 0 aromatic rings. The van der Waals surface area contributed by atoms with E-state index in [0.717, 1.165) is 13.0 Å². The predicted molar refractivity (Wildman–Crippen MR) is 34.0 cm³/mol. The quantitative estimate of drug-likeness (QED) is 0.533. The molecule has 0 radical (unpaired) electrons. The Morgan fingerprint density at radius 1 is 1.45 bits per heavy atom. The molecule has 0 amide bonds. The molecule has 1 nitrogen and oxygen atoms in total. The van der Waals surface area contributed by atoms with Gasteiger partial charge in [0.25, 0.3) is 0 Å². The van der Waals surface area contributed by atoms with Crippen LogP contribution < -0.4 is 5.32 Å². The second-order valence-electron chi connectivity index (χ2n) is 3.08. The predicted octanol–water partition coefficient (Wildman–Crippen LogP) is 1.47. The number of nitrogens with one attached hydrogen (secondary N) is 1. The summed E-state index contributed by atoms with van der Waals surface area (Å²) in [6, 6.07) is 0.0293. The summed E-state index contributed by atoms with van der Waals surface area (Å²) in [4.78, 5) is 0. The summed E-state index contributed by atoms with van der Waals surface area (Å²) in [6.07, 6.45) is -2.79. The highest BCUT2D eigenvalue weighted by Gasteiger charge is 2.43. The summed E-state index contributed by atoms with van der Waals surface area (Å²) in [6.45, 7) is 0.729. The lowest BCUT2D eigenvalue weighted by atomic mass is 9.80. The number of halogens is 3. The minimum Gasteiger partial charge on any atom is -0.310 e. The minimum absolute atomic E-state index is 0.0293. The Morgan fingerprint density at radius 3 is 2.55 bits per heavy atom. The smallest absolute Gasteiger partial charge is 0.310 e. The Bertz CT molecular complexity index is 190. The second kappa shape index (κ2) is 2.00. The van der Waals surface area contributed by atoms with Crippen molar-refractivity contribution in [2.24, 2.45) is 5.92 Å². The normalized spacial score (nSPS) is 39.4. The summed E-state index contributed by atoms with van der Waals surface area (Å²) in [5.74, 6) is 0.168. The zero-order chi connectivity index (χ0) is 8.06. The number of fused-ring (bicyclic) bond motifs is 1. The Kier molecular flexibility index (Phi) is 1.30. The van der Waals surface area contributed by atoms with Crippen LogP contribution in [0.5, 0.6) is 0 Å². The zero-order valence-electron chi connectivity index (χ0n) is 5.78. The van der Waals surface area contributed by atoms with Crippen LogP contribution in [0.3, 0.4) is 0 Å². The van der Waals surface area contributed by atoms with E-state index in [9.17, 15) is 13.2 Å². The molecule has 4 heteroatoms. The zero-order valence-corrected chi connectivity index (χ0v) is 5.78. The molecule has 2 unspecified atom stereocenters. The van der Waals surface area contributed by atoms with Crippen molar-refractivity contribution in [3.63, 3.8) is 0 Å². The van der Waals surface area contributed by atoms with Gasteiger partial charge in [0.2, 0.25) is 0 Å². The van der Waals surface area contributed by atoms with Crippen LogP contribution in [0.25, 0.3) is 0 Å². The molecule has 2 bridgehead atoms. The molecule has 3 rings (SSSR count). The first-order valence-corrected chi connectivity index (χ1v) is 3.59. The van der Waals surface area contributed by atoms with Gasteiger partial charge in [-0.15, -0.1) is 0 Å². The van der Waals surface area contributed by atoms with Crippen LogP contribution in [0.4, 0.5) is 13.2 Å². The first kappa shape index (κ1) is 7.16. The number of hydrogen-bond donors (Lipinski definition) is 1. The van der Waals surface area contributed by atoms with Crippen LogP contribution in [0.2, 0.25) is 0 Å². The van der Waals surface area contributed by atoms with Gasteiger partial charge in [-0.1, -0.05) is 0 Å². The van der Waals surface area contributed by atoms with Crippen LogP contribution >= 0.6 is 0 Å². The highest BCUT2D eigenvalue weighted by atomic mass is 19.4. The van der Waals surface area contributed by atoms with E-state index in [-0.39, 0.29) is 12.0 Å². The summed E-state index contributed by atoms with van der Waals surface area (Å²) < 4.78 is 35.4. The van der Waals surface area contributed by atoms with E-state index in [0.29, 0.717) is 11.6 Å². The molecule has 1 aliphatic carbocycles. The van der Waals surface area contributed by atoms with Gasteiger partial charge in [-0.05, 0) is 17.9 Å². The van der Waals surface area contributed by atoms with E-state index in [1.165, 1.54) is 0 Å². The van der Waals surface area contributed by atoms with Crippen molar-refractivity contribution in [2.45, 2.75) is 18.6 Å². The van der Waals surface area contributed by atoms with Gasteiger partial charge in [0.15, 0.2) is 0 Å². The van der Waals surface area contributed by atoms with Gasteiger partial charge in [-0.3, -0.25) is 0 Å². The molecule has 0 aromatic carbocycles. The molecular formula is C7H8F3N. The van der Waals surface area contributed by atoms with E-state index < -0.39 is 6.18 Å². The average molecular weight is 163 g/mol. The maximum atomic E-state index is 11.8. The molecular weight excluding hydrogens is 155 g/mol. The Hall–Kier alpha value is -0.510. The second-order valence-corrected chi connectivity index (χ2v) is 3.08. The third kappa shape index (κ3) is 1.15. The van der Waals surface area contributed by atoms with Crippen LogP contribution in [-0.4, -0.2) is 18.8 Å². The fraction of sp³-hybridized carbons (Fsp3) is 0.714. The summed E-state index contributed by atoms with van der Waals surface area (Å²) >= 11 is 0. The van der Waals surface area contributed by atoms with Gasteiger partial charge in [0.1, 0.15) is 0 Å². The van der Waals surface area contributed by atoms with Crippen molar-refractivity contribution in [1.29, 1.82) is 0 Å². The van der Waals surface area contributed by atoms with E-state index in [1.54, 1.807) is 0 Å². The lowest BCUT2D eigenvalue weighted by Gasteiger charge is -2.26. The molecule has 0 aromatic heterocycles. The molecule has 1 N–H and O–H groups in total. The molecule has 11 heavy (non-hydrogen) atoms. The SMILES string of the molecule is FC(F)(F)/C=C1\C2CNC1C2. The van der Waals surface area contributed by atoms with E-state index in [4.69, 9.17) is 0 Å². The van der Waals surface area contributed by atoms with Crippen molar-refractivity contribution in [3.05, 3.63) is 11.6 Å². The van der Waals surface area contributed by atoms with Crippen molar-refractivity contribution >= 4 is 0 Å². The Morgan fingerprint density at radius 2 is 2.18 bits per heavy atom. The lowest BCUT2D eigenvalue weighted by molar-refractivity contribution is -0.0814. The molecule has 2 saturated heterocycles. The van der Waals surface area contributed by atoms with E-state index in [1.807, 2.05) is 0 Å². The lowest BCUT2D eigenvalue weighted by Crippen LogP contribution is -2.29. The van der Waals surface area contributed by atoms with Crippen LogP contribution in [-0.2, 0) is 0 Å². The minimum atomic E-state index is -4.13. The first-order chi connectivity index (χ1) is 5.06. The maximum absolute atomic E-state index is 11.8. The van der Waals surface area contributed by atoms with Gasteiger partial charge < -0.3 is 5.32 Å². The highest BCUT2D eigenvalue weighted by Crippen LogP contribution is 2.41. The fourth-order valence-corrected chi connectivity index (χ4v) is 1.78.